The van der Waals surface area contributed by atoms with E-state index in [0.29, 0.717) is 37.5 Å². The van der Waals surface area contributed by atoms with E-state index in [9.17, 15) is 14.4 Å². The van der Waals surface area contributed by atoms with Crippen molar-refractivity contribution in [3.8, 4) is 12.3 Å². The first-order valence-electron chi connectivity index (χ1n) is 11.8. The second-order valence-corrected chi connectivity index (χ2v) is 8.59. The van der Waals surface area contributed by atoms with E-state index in [1.54, 1.807) is 18.5 Å². The van der Waals surface area contributed by atoms with Crippen molar-refractivity contribution in [1.82, 2.24) is 10.2 Å². The van der Waals surface area contributed by atoms with Crippen LogP contribution in [0.3, 0.4) is 0 Å². The number of rotatable bonds is 15. The number of ether oxygens (including phenoxy) is 1. The highest BCUT2D eigenvalue weighted by atomic mass is 35.5. The minimum Gasteiger partial charge on any atom is -0.501 e. The highest BCUT2D eigenvalue weighted by Crippen LogP contribution is 2.19. The molecule has 6 nitrogen and oxygen atoms in total. The van der Waals surface area contributed by atoms with Crippen LogP contribution in [0, 0.1) is 18.3 Å². The Labute approximate surface area is 209 Å². The van der Waals surface area contributed by atoms with Gasteiger partial charge in [-0.1, -0.05) is 42.3 Å². The first kappa shape index (κ1) is 29.3. The molecule has 1 aliphatic rings. The molecule has 34 heavy (non-hydrogen) atoms. The molecule has 0 saturated heterocycles. The van der Waals surface area contributed by atoms with Gasteiger partial charge in [0.05, 0.1) is 13.2 Å². The summed E-state index contributed by atoms with van der Waals surface area (Å²) in [4.78, 5) is 37.3. The Morgan fingerprint density at radius 3 is 2.71 bits per heavy atom. The van der Waals surface area contributed by atoms with Crippen LogP contribution in [0.2, 0.25) is 0 Å². The molecule has 1 aliphatic heterocycles. The van der Waals surface area contributed by atoms with Crippen molar-refractivity contribution in [2.75, 3.05) is 13.7 Å². The zero-order chi connectivity index (χ0) is 25.3. The number of methoxy groups -OCH3 is 1. The molecule has 0 aliphatic carbocycles. The van der Waals surface area contributed by atoms with Crippen LogP contribution in [0.5, 0.6) is 0 Å². The molecule has 0 saturated carbocycles. The third kappa shape index (κ3) is 11.4. The van der Waals surface area contributed by atoms with Crippen LogP contribution in [-0.4, -0.2) is 42.3 Å². The molecule has 0 aromatic rings. The number of hydrogen-bond acceptors (Lipinski definition) is 4. The van der Waals surface area contributed by atoms with Crippen molar-refractivity contribution in [3.05, 3.63) is 47.2 Å². The van der Waals surface area contributed by atoms with E-state index >= 15 is 0 Å². The molecule has 186 valence electrons. The van der Waals surface area contributed by atoms with Crippen LogP contribution in [0.4, 0.5) is 0 Å². The maximum absolute atomic E-state index is 12.3. The summed E-state index contributed by atoms with van der Waals surface area (Å²) < 4.78 is 5.23. The van der Waals surface area contributed by atoms with Crippen molar-refractivity contribution in [3.63, 3.8) is 0 Å². The van der Waals surface area contributed by atoms with Crippen LogP contribution < -0.4 is 5.32 Å². The number of amides is 3. The third-order valence-corrected chi connectivity index (χ3v) is 5.85. The summed E-state index contributed by atoms with van der Waals surface area (Å²) in [5.74, 6) is 2.63. The summed E-state index contributed by atoms with van der Waals surface area (Å²) in [6.45, 7) is 4.27. The van der Waals surface area contributed by atoms with E-state index in [1.807, 2.05) is 6.08 Å². The minimum absolute atomic E-state index is 0.0625. The second kappa shape index (κ2) is 16.8. The van der Waals surface area contributed by atoms with E-state index in [4.69, 9.17) is 22.8 Å². The Bertz CT molecular complexity index is 851. The van der Waals surface area contributed by atoms with E-state index in [0.717, 1.165) is 37.0 Å². The maximum Gasteiger partial charge on any atom is 0.257 e. The van der Waals surface area contributed by atoms with Gasteiger partial charge in [-0.15, -0.1) is 12.3 Å². The molecule has 0 radical (unpaired) electrons. The molecular formula is C27H37ClN2O4. The number of nitrogens with one attached hydrogen (secondary N) is 1. The zero-order valence-electron chi connectivity index (χ0n) is 20.5. The van der Waals surface area contributed by atoms with Crippen molar-refractivity contribution < 1.29 is 19.1 Å². The highest BCUT2D eigenvalue weighted by molar-refractivity contribution is 6.25. The largest absolute Gasteiger partial charge is 0.501 e. The number of hydrogen-bond donors (Lipinski definition) is 1. The third-order valence-electron chi connectivity index (χ3n) is 5.54. The van der Waals surface area contributed by atoms with Gasteiger partial charge >= 0.3 is 0 Å². The zero-order valence-corrected chi connectivity index (χ0v) is 21.3. The van der Waals surface area contributed by atoms with E-state index < -0.39 is 5.91 Å². The quantitative estimate of drug-likeness (QED) is 0.115. The summed E-state index contributed by atoms with van der Waals surface area (Å²) in [6.07, 6.45) is 19.8. The van der Waals surface area contributed by atoms with Gasteiger partial charge in [0.1, 0.15) is 5.76 Å². The molecule has 0 spiro atoms. The summed E-state index contributed by atoms with van der Waals surface area (Å²) >= 11 is 5.91. The molecule has 1 N–H and O–H groups in total. The molecule has 7 heteroatoms. The van der Waals surface area contributed by atoms with Gasteiger partial charge in [-0.3, -0.25) is 19.3 Å². The fourth-order valence-electron chi connectivity index (χ4n) is 3.46. The van der Waals surface area contributed by atoms with Gasteiger partial charge in [0.15, 0.2) is 0 Å². The van der Waals surface area contributed by atoms with Gasteiger partial charge in [0, 0.05) is 43.5 Å². The lowest BCUT2D eigenvalue weighted by Gasteiger charge is -2.18. The second-order valence-electron chi connectivity index (χ2n) is 8.37. The maximum atomic E-state index is 12.3. The Hall–Kier alpha value is -2.78. The van der Waals surface area contributed by atoms with Crippen LogP contribution in [0.15, 0.2) is 47.2 Å². The molecule has 2 unspecified atom stereocenters. The number of imide groups is 1. The average Bonchev–Trinajstić information content (AvgIpc) is 3.16. The first-order valence-corrected chi connectivity index (χ1v) is 12.2. The lowest BCUT2D eigenvalue weighted by molar-refractivity contribution is -0.139. The van der Waals surface area contributed by atoms with Crippen LogP contribution in [0.25, 0.3) is 0 Å². The number of carbonyl (C=O) groups is 3. The number of terminal acetylenes is 1. The Kier molecular flexibility index (Phi) is 14.4. The molecule has 0 aromatic heterocycles. The molecule has 0 bridgehead atoms. The topological polar surface area (TPSA) is 75.7 Å². The Morgan fingerprint density at radius 1 is 1.32 bits per heavy atom. The van der Waals surface area contributed by atoms with Crippen molar-refractivity contribution in [1.29, 1.82) is 0 Å². The predicted octanol–water partition coefficient (Wildman–Crippen LogP) is 5.02. The number of carbonyl (C=O) groups excluding carboxylic acids is 3. The van der Waals surface area contributed by atoms with Crippen LogP contribution >= 0.6 is 11.6 Å². The Morgan fingerprint density at radius 2 is 2.09 bits per heavy atom. The van der Waals surface area contributed by atoms with Crippen molar-refractivity contribution in [2.24, 2.45) is 5.92 Å². The SMILES string of the molecule is C#CCCCC(=CCl)CCC(C)C=CCCC(=O)NCCC(=CC(=O)N1C(=O)C=CC1C)OC. The fraction of sp³-hybridized carbons (Fsp3) is 0.519. The fourth-order valence-corrected chi connectivity index (χ4v) is 3.67. The van der Waals surface area contributed by atoms with Gasteiger partial charge in [-0.05, 0) is 44.9 Å². The summed E-state index contributed by atoms with van der Waals surface area (Å²) in [7, 11) is 1.46. The summed E-state index contributed by atoms with van der Waals surface area (Å²) in [5.41, 5.74) is 2.89. The Balaban J connectivity index is 2.28. The number of halogens is 1. The molecule has 1 heterocycles. The van der Waals surface area contributed by atoms with E-state index in [1.165, 1.54) is 24.8 Å². The van der Waals surface area contributed by atoms with E-state index in [2.05, 4.69) is 24.2 Å². The molecule has 2 atom stereocenters. The standard InChI is InChI=1S/C27H37ClN2O4/c1-5-6-7-11-23(20-28)15-13-21(2)10-8-9-12-25(31)29-18-17-24(34-4)19-27(33)30-22(3)14-16-26(30)32/h1,8,10,14,16,19-22H,6-7,9,11-13,15,17-18H2,2-4H3,(H,29,31). The normalized spacial score (nSPS) is 17.2. The minimum atomic E-state index is -0.425. The number of allylic oxidation sites excluding steroid dienone is 3. The van der Waals surface area contributed by atoms with E-state index in [-0.39, 0.29) is 17.9 Å². The highest BCUT2D eigenvalue weighted by Gasteiger charge is 2.27. The first-order chi connectivity index (χ1) is 16.3. The van der Waals surface area contributed by atoms with Gasteiger partial charge in [0.25, 0.3) is 11.8 Å². The summed E-state index contributed by atoms with van der Waals surface area (Å²) in [6, 6.07) is -0.275. The lowest BCUT2D eigenvalue weighted by Crippen LogP contribution is -2.37. The van der Waals surface area contributed by atoms with Gasteiger partial charge in [0.2, 0.25) is 5.91 Å². The number of unbranched alkanes of at least 4 members (excludes halogenated alkanes) is 1. The predicted molar refractivity (Wildman–Crippen MR) is 137 cm³/mol. The van der Waals surface area contributed by atoms with Crippen molar-refractivity contribution >= 4 is 29.3 Å². The molecule has 1 rings (SSSR count). The molecule has 0 fully saturated rings. The smallest absolute Gasteiger partial charge is 0.257 e. The molecule has 3 amide bonds. The van der Waals surface area contributed by atoms with Crippen molar-refractivity contribution in [2.45, 2.75) is 71.3 Å². The molecular weight excluding hydrogens is 452 g/mol. The van der Waals surface area contributed by atoms with Crippen LogP contribution in [-0.2, 0) is 19.1 Å². The van der Waals surface area contributed by atoms with Gasteiger partial charge < -0.3 is 10.1 Å². The lowest BCUT2D eigenvalue weighted by atomic mass is 9.98. The van der Waals surface area contributed by atoms with Crippen LogP contribution in [0.1, 0.15) is 65.2 Å². The summed E-state index contributed by atoms with van der Waals surface area (Å²) in [5, 5.41) is 2.83. The monoisotopic (exact) mass is 488 g/mol. The molecule has 0 aromatic carbocycles. The van der Waals surface area contributed by atoms with Gasteiger partial charge in [-0.2, -0.15) is 0 Å². The average molecular weight is 489 g/mol. The number of nitrogens with zero attached hydrogens (tertiary/aromatic N) is 1. The van der Waals surface area contributed by atoms with Gasteiger partial charge in [-0.25, -0.2) is 0 Å².